The summed E-state index contributed by atoms with van der Waals surface area (Å²) in [5, 5.41) is 7.21. The molecule has 1 aliphatic rings. The molecule has 1 aromatic heterocycles. The third kappa shape index (κ3) is 7.02. The Hall–Kier alpha value is -1.96. The van der Waals surface area contributed by atoms with Crippen molar-refractivity contribution in [3.8, 4) is 10.4 Å². The number of benzene rings is 1. The molecule has 0 bridgehead atoms. The molecule has 1 aromatic carbocycles. The van der Waals surface area contributed by atoms with Crippen LogP contribution in [0, 0.1) is 12.8 Å². The highest BCUT2D eigenvalue weighted by Gasteiger charge is 2.25. The van der Waals surface area contributed by atoms with E-state index in [1.165, 1.54) is 43.4 Å². The first-order chi connectivity index (χ1) is 15.4. The van der Waals surface area contributed by atoms with Gasteiger partial charge in [0, 0.05) is 17.9 Å². The number of hydrogen-bond donors (Lipinski definition) is 3. The Morgan fingerprint density at radius 2 is 2.00 bits per heavy atom. The smallest absolute Gasteiger partial charge is 0.244 e. The average Bonchev–Trinajstić information content (AvgIpc) is 3.13. The number of nitrogens with two attached hydrogens (primary N) is 1. The van der Waals surface area contributed by atoms with Gasteiger partial charge >= 0.3 is 0 Å². The summed E-state index contributed by atoms with van der Waals surface area (Å²) in [7, 11) is 0. The number of nitrogens with zero attached hydrogens (tertiary/aromatic N) is 1. The van der Waals surface area contributed by atoms with Crippen LogP contribution in [-0.4, -0.2) is 29.0 Å². The van der Waals surface area contributed by atoms with Gasteiger partial charge in [-0.25, -0.2) is 4.98 Å². The number of hydrogen-bond acceptors (Lipinski definition) is 5. The minimum absolute atomic E-state index is 0.172. The number of amides is 2. The van der Waals surface area contributed by atoms with E-state index in [9.17, 15) is 9.59 Å². The number of aromatic nitrogens is 1. The van der Waals surface area contributed by atoms with Gasteiger partial charge in [0.2, 0.25) is 11.8 Å². The first-order valence-corrected chi connectivity index (χ1v) is 12.6. The molecule has 6 nitrogen and oxygen atoms in total. The van der Waals surface area contributed by atoms with Gasteiger partial charge in [-0.2, -0.15) is 0 Å². The Kier molecular flexibility index (Phi) is 9.08. The third-order valence-corrected chi connectivity index (χ3v) is 7.38. The lowest BCUT2D eigenvalue weighted by Crippen LogP contribution is -2.53. The van der Waals surface area contributed by atoms with Crippen molar-refractivity contribution in [3.63, 3.8) is 0 Å². The van der Waals surface area contributed by atoms with Crippen LogP contribution in [0.3, 0.4) is 0 Å². The molecule has 1 saturated carbocycles. The highest BCUT2D eigenvalue weighted by molar-refractivity contribution is 7.15. The largest absolute Gasteiger partial charge is 0.344 e. The second-order valence-corrected chi connectivity index (χ2v) is 10.1. The molecule has 0 aliphatic heterocycles. The first kappa shape index (κ1) is 24.7. The molecule has 174 valence electrons. The maximum absolute atomic E-state index is 13.0. The zero-order chi connectivity index (χ0) is 23.1. The molecule has 2 aromatic rings. The Labute approximate surface area is 199 Å². The Morgan fingerprint density at radius 3 is 2.69 bits per heavy atom. The molecule has 3 rings (SSSR count). The summed E-state index contributed by atoms with van der Waals surface area (Å²) in [5.41, 5.74) is 8.12. The van der Waals surface area contributed by atoms with Gasteiger partial charge in [0.1, 0.15) is 6.04 Å². The number of thiazole rings is 1. The summed E-state index contributed by atoms with van der Waals surface area (Å²) in [5.74, 6) is 0.131. The van der Waals surface area contributed by atoms with Crippen LogP contribution in [0.5, 0.6) is 0 Å². The molecule has 2 amide bonds. The fourth-order valence-corrected chi connectivity index (χ4v) is 5.54. The van der Waals surface area contributed by atoms with E-state index < -0.39 is 12.2 Å². The average molecular weight is 477 g/mol. The first-order valence-electron chi connectivity index (χ1n) is 11.4. The van der Waals surface area contributed by atoms with Crippen LogP contribution in [0.25, 0.3) is 10.4 Å². The highest BCUT2D eigenvalue weighted by atomic mass is 35.5. The van der Waals surface area contributed by atoms with Crippen LogP contribution in [0.4, 0.5) is 0 Å². The molecule has 2 atom stereocenters. The minimum atomic E-state index is -0.711. The predicted octanol–water partition coefficient (Wildman–Crippen LogP) is 4.58. The van der Waals surface area contributed by atoms with Crippen molar-refractivity contribution in [1.29, 1.82) is 0 Å². The molecule has 1 aliphatic carbocycles. The zero-order valence-electron chi connectivity index (χ0n) is 18.8. The van der Waals surface area contributed by atoms with Crippen LogP contribution in [-0.2, 0) is 16.0 Å². The van der Waals surface area contributed by atoms with Crippen LogP contribution in [0.2, 0.25) is 5.02 Å². The quantitative estimate of drug-likeness (QED) is 0.461. The maximum atomic E-state index is 13.0. The number of halogens is 1. The molecule has 0 saturated heterocycles. The number of rotatable bonds is 9. The van der Waals surface area contributed by atoms with Crippen molar-refractivity contribution in [2.75, 3.05) is 0 Å². The van der Waals surface area contributed by atoms with Crippen molar-refractivity contribution in [3.05, 3.63) is 40.0 Å². The summed E-state index contributed by atoms with van der Waals surface area (Å²) in [6, 6.07) is 6.92. The summed E-state index contributed by atoms with van der Waals surface area (Å²) >= 11 is 7.66. The lowest BCUT2D eigenvalue weighted by molar-refractivity contribution is -0.129. The number of nitrogens with one attached hydrogen (secondary N) is 2. The van der Waals surface area contributed by atoms with Crippen molar-refractivity contribution in [1.82, 2.24) is 15.6 Å². The molecule has 1 fully saturated rings. The zero-order valence-corrected chi connectivity index (χ0v) is 20.4. The molecule has 1 heterocycles. The van der Waals surface area contributed by atoms with E-state index in [0.29, 0.717) is 23.8 Å². The van der Waals surface area contributed by atoms with Crippen LogP contribution in [0.1, 0.15) is 62.6 Å². The van der Waals surface area contributed by atoms with Crippen molar-refractivity contribution in [2.24, 2.45) is 11.7 Å². The SMILES string of the molecule is CCC(=O)NC(Cc1nc(C)c(-c2cccc(Cl)c2)s1)C(=O)N[C@H](N)CC1CCCCC1. The van der Waals surface area contributed by atoms with Gasteiger partial charge in [-0.1, -0.05) is 62.8 Å². The van der Waals surface area contributed by atoms with E-state index in [0.717, 1.165) is 27.6 Å². The van der Waals surface area contributed by atoms with Crippen molar-refractivity contribution in [2.45, 2.75) is 77.4 Å². The Bertz CT molecular complexity index is 926. The van der Waals surface area contributed by atoms with Crippen LogP contribution in [0.15, 0.2) is 24.3 Å². The molecule has 0 radical (unpaired) electrons. The van der Waals surface area contributed by atoms with Gasteiger partial charge < -0.3 is 16.4 Å². The van der Waals surface area contributed by atoms with Gasteiger partial charge in [-0.05, 0) is 37.0 Å². The van der Waals surface area contributed by atoms with Gasteiger partial charge in [0.05, 0.1) is 21.7 Å². The summed E-state index contributed by atoms with van der Waals surface area (Å²) < 4.78 is 0. The Morgan fingerprint density at radius 1 is 1.25 bits per heavy atom. The Balaban J connectivity index is 1.69. The second-order valence-electron chi connectivity index (χ2n) is 8.57. The number of aryl methyl sites for hydroxylation is 1. The lowest BCUT2D eigenvalue weighted by Gasteiger charge is -2.26. The summed E-state index contributed by atoms with van der Waals surface area (Å²) in [4.78, 5) is 30.8. The van der Waals surface area contributed by atoms with Gasteiger partial charge in [0.25, 0.3) is 0 Å². The van der Waals surface area contributed by atoms with Gasteiger partial charge in [-0.3, -0.25) is 9.59 Å². The number of carbonyl (C=O) groups excluding carboxylic acids is 2. The van der Waals surface area contributed by atoms with Crippen molar-refractivity contribution < 1.29 is 9.59 Å². The van der Waals surface area contributed by atoms with E-state index in [4.69, 9.17) is 17.3 Å². The van der Waals surface area contributed by atoms with E-state index in [1.807, 2.05) is 31.2 Å². The molecule has 1 unspecified atom stereocenters. The van der Waals surface area contributed by atoms with Gasteiger partial charge in [-0.15, -0.1) is 11.3 Å². The van der Waals surface area contributed by atoms with Crippen LogP contribution < -0.4 is 16.4 Å². The van der Waals surface area contributed by atoms with Crippen molar-refractivity contribution >= 4 is 34.8 Å². The molecule has 0 spiro atoms. The summed E-state index contributed by atoms with van der Waals surface area (Å²) in [6.07, 6.45) is 7.09. The molecular formula is C24H33ClN4O2S. The van der Waals surface area contributed by atoms with Crippen LogP contribution >= 0.6 is 22.9 Å². The molecule has 4 N–H and O–H groups in total. The monoisotopic (exact) mass is 476 g/mol. The van der Waals surface area contributed by atoms with E-state index in [1.54, 1.807) is 6.92 Å². The van der Waals surface area contributed by atoms with E-state index in [-0.39, 0.29) is 11.8 Å². The maximum Gasteiger partial charge on any atom is 0.244 e. The fourth-order valence-electron chi connectivity index (χ4n) is 4.24. The predicted molar refractivity (Wildman–Crippen MR) is 131 cm³/mol. The molecule has 8 heteroatoms. The standard InChI is InChI=1S/C24H33ClN4O2S/c1-3-21(30)28-19(24(31)29-20(26)12-16-8-5-4-6-9-16)14-22-27-15(2)23(32-22)17-10-7-11-18(25)13-17/h7,10-11,13,16,19-20H,3-6,8-9,12,14,26H2,1-2H3,(H,28,30)(H,29,31)/t19?,20-/m0/s1. The highest BCUT2D eigenvalue weighted by Crippen LogP contribution is 2.32. The van der Waals surface area contributed by atoms with E-state index in [2.05, 4.69) is 15.6 Å². The molecular weight excluding hydrogens is 444 g/mol. The van der Waals surface area contributed by atoms with E-state index >= 15 is 0 Å². The summed E-state index contributed by atoms with van der Waals surface area (Å²) in [6.45, 7) is 3.71. The second kappa shape index (κ2) is 11.8. The third-order valence-electron chi connectivity index (χ3n) is 5.92. The van der Waals surface area contributed by atoms with Gasteiger partial charge in [0.15, 0.2) is 0 Å². The normalized spacial score (nSPS) is 16.4. The topological polar surface area (TPSA) is 97.1 Å². The lowest BCUT2D eigenvalue weighted by atomic mass is 9.86. The number of carbonyl (C=O) groups is 2. The fraction of sp³-hybridized carbons (Fsp3) is 0.542. The minimum Gasteiger partial charge on any atom is -0.344 e. The molecule has 32 heavy (non-hydrogen) atoms.